The molecule has 18 heavy (non-hydrogen) atoms. The van der Waals surface area contributed by atoms with Gasteiger partial charge in [-0.1, -0.05) is 19.9 Å². The Bertz CT molecular complexity index is 412. The van der Waals surface area contributed by atoms with Crippen LogP contribution >= 0.6 is 0 Å². The largest absolute Gasteiger partial charge is 0.490 e. The standard InChI is InChI=1S/C16H24O2/c1-11(2)15-13(17-12-9-10-12)7-6-8-14(15)18-16(3,4)5/h6-8,11-12H,9-10H2,1-5H3. The van der Waals surface area contributed by atoms with E-state index in [4.69, 9.17) is 9.47 Å². The van der Waals surface area contributed by atoms with E-state index in [0.29, 0.717) is 12.0 Å². The second kappa shape index (κ2) is 4.83. The molecule has 0 atom stereocenters. The summed E-state index contributed by atoms with van der Waals surface area (Å²) in [6, 6.07) is 6.12. The van der Waals surface area contributed by atoms with E-state index in [1.807, 2.05) is 12.1 Å². The van der Waals surface area contributed by atoms with Gasteiger partial charge in [0.05, 0.1) is 6.10 Å². The van der Waals surface area contributed by atoms with Crippen molar-refractivity contribution in [3.05, 3.63) is 23.8 Å². The molecule has 1 aliphatic rings. The lowest BCUT2D eigenvalue weighted by Crippen LogP contribution is -2.24. The van der Waals surface area contributed by atoms with E-state index in [-0.39, 0.29) is 5.60 Å². The van der Waals surface area contributed by atoms with Crippen molar-refractivity contribution in [2.45, 2.75) is 65.1 Å². The molecule has 1 fully saturated rings. The highest BCUT2D eigenvalue weighted by Gasteiger charge is 2.26. The molecular formula is C16H24O2. The first-order chi connectivity index (χ1) is 8.37. The van der Waals surface area contributed by atoms with E-state index in [9.17, 15) is 0 Å². The third kappa shape index (κ3) is 3.41. The Kier molecular flexibility index (Phi) is 3.56. The lowest BCUT2D eigenvalue weighted by Gasteiger charge is -2.25. The zero-order chi connectivity index (χ0) is 13.3. The maximum atomic E-state index is 6.06. The van der Waals surface area contributed by atoms with Gasteiger partial charge in [-0.25, -0.2) is 0 Å². The first-order valence-corrected chi connectivity index (χ1v) is 6.85. The van der Waals surface area contributed by atoms with E-state index in [2.05, 4.69) is 40.7 Å². The van der Waals surface area contributed by atoms with Gasteiger partial charge in [0.2, 0.25) is 0 Å². The third-order valence-corrected chi connectivity index (χ3v) is 2.84. The SMILES string of the molecule is CC(C)c1c(OC2CC2)cccc1OC(C)(C)C. The van der Waals surface area contributed by atoms with Gasteiger partial charge >= 0.3 is 0 Å². The van der Waals surface area contributed by atoms with E-state index in [0.717, 1.165) is 11.5 Å². The molecule has 0 aliphatic heterocycles. The van der Waals surface area contributed by atoms with Crippen LogP contribution in [-0.2, 0) is 0 Å². The van der Waals surface area contributed by atoms with Crippen LogP contribution in [0, 0.1) is 0 Å². The summed E-state index contributed by atoms with van der Waals surface area (Å²) in [6.07, 6.45) is 2.79. The molecule has 0 saturated heterocycles. The Morgan fingerprint density at radius 2 is 1.72 bits per heavy atom. The molecule has 0 amide bonds. The summed E-state index contributed by atoms with van der Waals surface area (Å²) in [5.41, 5.74) is 1.02. The Hall–Kier alpha value is -1.18. The summed E-state index contributed by atoms with van der Waals surface area (Å²) in [7, 11) is 0. The van der Waals surface area contributed by atoms with Gasteiger partial charge in [0.15, 0.2) is 0 Å². The molecule has 2 rings (SSSR count). The minimum absolute atomic E-state index is 0.179. The summed E-state index contributed by atoms with van der Waals surface area (Å²) in [6.45, 7) is 10.6. The van der Waals surface area contributed by atoms with Crippen molar-refractivity contribution in [1.29, 1.82) is 0 Å². The van der Waals surface area contributed by atoms with Crippen LogP contribution in [-0.4, -0.2) is 11.7 Å². The molecule has 1 aromatic carbocycles. The number of benzene rings is 1. The van der Waals surface area contributed by atoms with Crippen molar-refractivity contribution in [1.82, 2.24) is 0 Å². The molecule has 0 unspecified atom stereocenters. The summed E-state index contributed by atoms with van der Waals surface area (Å²) in [5.74, 6) is 2.35. The van der Waals surface area contributed by atoms with Crippen LogP contribution in [0.5, 0.6) is 11.5 Å². The number of hydrogen-bond acceptors (Lipinski definition) is 2. The number of hydrogen-bond donors (Lipinski definition) is 0. The highest BCUT2D eigenvalue weighted by molar-refractivity contribution is 5.47. The summed E-state index contributed by atoms with van der Waals surface area (Å²) >= 11 is 0. The molecule has 0 bridgehead atoms. The van der Waals surface area contributed by atoms with E-state index in [1.54, 1.807) is 0 Å². The Labute approximate surface area is 110 Å². The molecule has 0 radical (unpaired) electrons. The van der Waals surface area contributed by atoms with Gasteiger partial charge in [-0.3, -0.25) is 0 Å². The third-order valence-electron chi connectivity index (χ3n) is 2.84. The molecule has 1 saturated carbocycles. The lowest BCUT2D eigenvalue weighted by molar-refractivity contribution is 0.128. The van der Waals surface area contributed by atoms with Gasteiger partial charge in [-0.05, 0) is 51.7 Å². The van der Waals surface area contributed by atoms with Gasteiger partial charge in [0.25, 0.3) is 0 Å². The minimum Gasteiger partial charge on any atom is -0.490 e. The van der Waals surface area contributed by atoms with Crippen LogP contribution in [0.15, 0.2) is 18.2 Å². The molecule has 100 valence electrons. The summed E-state index contributed by atoms with van der Waals surface area (Å²) < 4.78 is 12.0. The summed E-state index contributed by atoms with van der Waals surface area (Å²) in [4.78, 5) is 0. The van der Waals surface area contributed by atoms with Crippen molar-refractivity contribution < 1.29 is 9.47 Å². The molecule has 1 aliphatic carbocycles. The molecular weight excluding hydrogens is 224 g/mol. The fourth-order valence-corrected chi connectivity index (χ4v) is 1.98. The predicted molar refractivity (Wildman–Crippen MR) is 74.6 cm³/mol. The molecule has 0 aromatic heterocycles. The summed E-state index contributed by atoms with van der Waals surface area (Å²) in [5, 5.41) is 0. The van der Waals surface area contributed by atoms with Crippen LogP contribution in [0.1, 0.15) is 58.9 Å². The molecule has 1 aromatic rings. The predicted octanol–water partition coefficient (Wildman–Crippen LogP) is 4.53. The lowest BCUT2D eigenvalue weighted by atomic mass is 10.0. The highest BCUT2D eigenvalue weighted by Crippen LogP contribution is 2.39. The van der Waals surface area contributed by atoms with Crippen molar-refractivity contribution >= 4 is 0 Å². The zero-order valence-electron chi connectivity index (χ0n) is 12.1. The first kappa shape index (κ1) is 13.3. The van der Waals surface area contributed by atoms with Gasteiger partial charge in [-0.15, -0.1) is 0 Å². The Balaban J connectivity index is 2.31. The maximum Gasteiger partial charge on any atom is 0.127 e. The van der Waals surface area contributed by atoms with Gasteiger partial charge in [0.1, 0.15) is 17.1 Å². The first-order valence-electron chi connectivity index (χ1n) is 6.85. The van der Waals surface area contributed by atoms with Crippen molar-refractivity contribution in [2.75, 3.05) is 0 Å². The minimum atomic E-state index is -0.179. The molecule has 0 N–H and O–H groups in total. The van der Waals surface area contributed by atoms with Crippen molar-refractivity contribution in [3.8, 4) is 11.5 Å². The Morgan fingerprint density at radius 1 is 1.11 bits per heavy atom. The fraction of sp³-hybridized carbons (Fsp3) is 0.625. The van der Waals surface area contributed by atoms with Crippen LogP contribution in [0.3, 0.4) is 0 Å². The number of ether oxygens (including phenoxy) is 2. The van der Waals surface area contributed by atoms with Crippen LogP contribution in [0.25, 0.3) is 0 Å². The van der Waals surface area contributed by atoms with Gasteiger partial charge in [-0.2, -0.15) is 0 Å². The van der Waals surface area contributed by atoms with Crippen LogP contribution in [0.2, 0.25) is 0 Å². The second-order valence-corrected chi connectivity index (χ2v) is 6.35. The normalized spacial score (nSPS) is 15.9. The highest BCUT2D eigenvalue weighted by atomic mass is 16.5. The van der Waals surface area contributed by atoms with Crippen molar-refractivity contribution in [3.63, 3.8) is 0 Å². The van der Waals surface area contributed by atoms with Crippen LogP contribution < -0.4 is 9.47 Å². The van der Waals surface area contributed by atoms with E-state index < -0.39 is 0 Å². The second-order valence-electron chi connectivity index (χ2n) is 6.35. The maximum absolute atomic E-state index is 6.06. The smallest absolute Gasteiger partial charge is 0.127 e. The van der Waals surface area contributed by atoms with E-state index >= 15 is 0 Å². The van der Waals surface area contributed by atoms with Gasteiger partial charge < -0.3 is 9.47 Å². The monoisotopic (exact) mass is 248 g/mol. The number of rotatable bonds is 4. The van der Waals surface area contributed by atoms with E-state index in [1.165, 1.54) is 18.4 Å². The molecule has 0 spiro atoms. The van der Waals surface area contributed by atoms with Crippen LogP contribution in [0.4, 0.5) is 0 Å². The molecule has 2 heteroatoms. The quantitative estimate of drug-likeness (QED) is 0.779. The average Bonchev–Trinajstić information content (AvgIpc) is 2.98. The zero-order valence-corrected chi connectivity index (χ0v) is 12.1. The molecule has 0 heterocycles. The molecule has 2 nitrogen and oxygen atoms in total. The van der Waals surface area contributed by atoms with Crippen molar-refractivity contribution in [2.24, 2.45) is 0 Å². The fourth-order valence-electron chi connectivity index (χ4n) is 1.98. The Morgan fingerprint density at radius 3 is 2.22 bits per heavy atom. The topological polar surface area (TPSA) is 18.5 Å². The van der Waals surface area contributed by atoms with Gasteiger partial charge in [0, 0.05) is 5.56 Å². The average molecular weight is 248 g/mol.